The SMILES string of the molecule is Cc1cc(-c2c(-c3cccc(C#N)c3)nn3ccc(C(=O)N4CCNCC4)nc23)cc(Cl)n1.Cl. The van der Waals surface area contributed by atoms with E-state index in [-0.39, 0.29) is 18.3 Å². The number of carbonyl (C=O) groups is 1. The Hall–Kier alpha value is -3.51. The molecule has 0 saturated carbocycles. The smallest absolute Gasteiger partial charge is 0.272 e. The van der Waals surface area contributed by atoms with Crippen LogP contribution in [0.25, 0.3) is 28.0 Å². The van der Waals surface area contributed by atoms with Crippen molar-refractivity contribution in [3.63, 3.8) is 0 Å². The number of benzene rings is 1. The fraction of sp³-hybridized carbons (Fsp3) is 0.208. The standard InChI is InChI=1S/C24H20ClN7O.ClH/c1-15-11-18(13-20(25)28-15)21-22(17-4-2-3-16(12-17)14-26)30-32-8-5-19(29-23(21)32)24(33)31-9-6-27-7-10-31;/h2-5,8,11-13,27H,6-7,9-10H2,1H3;1H. The lowest BCUT2D eigenvalue weighted by Crippen LogP contribution is -2.46. The van der Waals surface area contributed by atoms with E-state index in [1.807, 2.05) is 25.1 Å². The number of nitrogens with one attached hydrogen (secondary N) is 1. The van der Waals surface area contributed by atoms with E-state index in [2.05, 4.69) is 16.4 Å². The topological polar surface area (TPSA) is 99.2 Å². The molecule has 0 radical (unpaired) electrons. The third-order valence-electron chi connectivity index (χ3n) is 5.58. The van der Waals surface area contributed by atoms with Gasteiger partial charge in [0.2, 0.25) is 0 Å². The summed E-state index contributed by atoms with van der Waals surface area (Å²) < 4.78 is 1.65. The highest BCUT2D eigenvalue weighted by Gasteiger charge is 2.23. The number of piperazine rings is 1. The molecule has 4 aromatic rings. The van der Waals surface area contributed by atoms with Gasteiger partial charge in [-0.1, -0.05) is 23.7 Å². The molecule has 1 amide bonds. The average molecular weight is 494 g/mol. The van der Waals surface area contributed by atoms with Gasteiger partial charge in [-0.3, -0.25) is 4.79 Å². The monoisotopic (exact) mass is 493 g/mol. The van der Waals surface area contributed by atoms with Crippen molar-refractivity contribution in [2.24, 2.45) is 0 Å². The number of aryl methyl sites for hydroxylation is 1. The third-order valence-corrected chi connectivity index (χ3v) is 5.78. The molecule has 5 rings (SSSR count). The van der Waals surface area contributed by atoms with Gasteiger partial charge in [0.25, 0.3) is 5.91 Å². The number of hydrogen-bond acceptors (Lipinski definition) is 6. The van der Waals surface area contributed by atoms with Crippen LogP contribution in [0.15, 0.2) is 48.7 Å². The van der Waals surface area contributed by atoms with Crippen LogP contribution in [0.1, 0.15) is 21.7 Å². The highest BCUT2D eigenvalue weighted by molar-refractivity contribution is 6.29. The second-order valence-corrected chi connectivity index (χ2v) is 8.25. The lowest BCUT2D eigenvalue weighted by Gasteiger charge is -2.27. The van der Waals surface area contributed by atoms with Crippen LogP contribution in [0.4, 0.5) is 0 Å². The maximum atomic E-state index is 13.1. The van der Waals surface area contributed by atoms with Crippen molar-refractivity contribution in [3.8, 4) is 28.5 Å². The molecule has 0 spiro atoms. The Balaban J connectivity index is 0.00000274. The molecule has 1 aromatic carbocycles. The van der Waals surface area contributed by atoms with Crippen molar-refractivity contribution in [1.29, 1.82) is 5.26 Å². The first-order valence-electron chi connectivity index (χ1n) is 10.6. The molecule has 172 valence electrons. The zero-order valence-electron chi connectivity index (χ0n) is 18.3. The van der Waals surface area contributed by atoms with Gasteiger partial charge in [0, 0.05) is 43.6 Å². The molecular weight excluding hydrogens is 473 g/mol. The predicted octanol–water partition coefficient (Wildman–Crippen LogP) is 3.76. The maximum Gasteiger partial charge on any atom is 0.272 e. The molecule has 1 aliphatic heterocycles. The van der Waals surface area contributed by atoms with Gasteiger partial charge in [0.15, 0.2) is 5.65 Å². The van der Waals surface area contributed by atoms with Crippen molar-refractivity contribution < 1.29 is 4.79 Å². The highest BCUT2D eigenvalue weighted by Crippen LogP contribution is 2.36. The largest absolute Gasteiger partial charge is 0.335 e. The molecule has 10 heteroatoms. The molecule has 0 atom stereocenters. The normalized spacial score (nSPS) is 13.4. The van der Waals surface area contributed by atoms with Crippen molar-refractivity contribution >= 4 is 35.6 Å². The van der Waals surface area contributed by atoms with Crippen molar-refractivity contribution in [2.45, 2.75) is 6.92 Å². The maximum absolute atomic E-state index is 13.1. The van der Waals surface area contributed by atoms with Gasteiger partial charge < -0.3 is 10.2 Å². The van der Waals surface area contributed by atoms with Crippen LogP contribution >= 0.6 is 24.0 Å². The Labute approximate surface area is 207 Å². The Morgan fingerprint density at radius 3 is 2.65 bits per heavy atom. The fourth-order valence-corrected chi connectivity index (χ4v) is 4.31. The molecule has 1 aliphatic rings. The minimum Gasteiger partial charge on any atom is -0.335 e. The summed E-state index contributed by atoms with van der Waals surface area (Å²) in [6, 6.07) is 14.8. The summed E-state index contributed by atoms with van der Waals surface area (Å²) in [5, 5.41) is 17.7. The third kappa shape index (κ3) is 4.46. The number of nitrogens with zero attached hydrogens (tertiary/aromatic N) is 6. The number of rotatable bonds is 3. The number of pyridine rings is 1. The summed E-state index contributed by atoms with van der Waals surface area (Å²) >= 11 is 6.28. The zero-order chi connectivity index (χ0) is 22.9. The van der Waals surface area contributed by atoms with Crippen LogP contribution in [-0.2, 0) is 0 Å². The second-order valence-electron chi connectivity index (χ2n) is 7.86. The van der Waals surface area contributed by atoms with Gasteiger partial charge in [-0.2, -0.15) is 10.4 Å². The number of aromatic nitrogens is 4. The number of hydrogen-bond donors (Lipinski definition) is 1. The molecule has 0 aliphatic carbocycles. The van der Waals surface area contributed by atoms with Crippen molar-refractivity contribution in [2.75, 3.05) is 26.2 Å². The van der Waals surface area contributed by atoms with Crippen LogP contribution in [0.5, 0.6) is 0 Å². The Bertz CT molecular complexity index is 1400. The Morgan fingerprint density at radius 2 is 1.91 bits per heavy atom. The summed E-state index contributed by atoms with van der Waals surface area (Å²) in [5.41, 5.74) is 5.12. The molecule has 8 nitrogen and oxygen atoms in total. The predicted molar refractivity (Wildman–Crippen MR) is 132 cm³/mol. The molecule has 1 fully saturated rings. The van der Waals surface area contributed by atoms with E-state index in [0.29, 0.717) is 40.8 Å². The lowest BCUT2D eigenvalue weighted by molar-refractivity contribution is 0.0730. The summed E-state index contributed by atoms with van der Waals surface area (Å²) in [6.07, 6.45) is 1.74. The zero-order valence-corrected chi connectivity index (χ0v) is 19.9. The molecule has 3 aromatic heterocycles. The number of amides is 1. The number of nitriles is 1. The quantitative estimate of drug-likeness (QED) is 0.436. The van der Waals surface area contributed by atoms with Crippen LogP contribution in [0, 0.1) is 18.3 Å². The van der Waals surface area contributed by atoms with E-state index in [9.17, 15) is 10.1 Å². The summed E-state index contributed by atoms with van der Waals surface area (Å²) in [4.78, 5) is 23.9. The van der Waals surface area contributed by atoms with Crippen molar-refractivity contribution in [3.05, 3.63) is 70.8 Å². The Kier molecular flexibility index (Phi) is 6.80. The number of halogens is 2. The van der Waals surface area contributed by atoms with Crippen LogP contribution in [0.2, 0.25) is 5.15 Å². The molecule has 34 heavy (non-hydrogen) atoms. The molecular formula is C24H21Cl2N7O. The summed E-state index contributed by atoms with van der Waals surface area (Å²) in [5.74, 6) is -0.108. The van der Waals surface area contributed by atoms with Gasteiger partial charge >= 0.3 is 0 Å². The van der Waals surface area contributed by atoms with Gasteiger partial charge in [-0.15, -0.1) is 12.4 Å². The van der Waals surface area contributed by atoms with Gasteiger partial charge in [-0.05, 0) is 42.8 Å². The van der Waals surface area contributed by atoms with E-state index in [1.54, 1.807) is 39.9 Å². The highest BCUT2D eigenvalue weighted by atomic mass is 35.5. The van der Waals surface area contributed by atoms with E-state index >= 15 is 0 Å². The minimum atomic E-state index is -0.108. The first-order chi connectivity index (χ1) is 16.0. The van der Waals surface area contributed by atoms with E-state index in [4.69, 9.17) is 21.7 Å². The fourth-order valence-electron chi connectivity index (χ4n) is 4.05. The van der Waals surface area contributed by atoms with Gasteiger partial charge in [0.05, 0.1) is 17.2 Å². The van der Waals surface area contributed by atoms with Gasteiger partial charge in [-0.25, -0.2) is 14.5 Å². The Morgan fingerprint density at radius 1 is 1.12 bits per heavy atom. The molecule has 4 heterocycles. The molecule has 0 unspecified atom stereocenters. The minimum absolute atomic E-state index is 0. The van der Waals surface area contributed by atoms with Crippen molar-refractivity contribution in [1.82, 2.24) is 29.8 Å². The van der Waals surface area contributed by atoms with E-state index in [0.717, 1.165) is 35.5 Å². The molecule has 1 N–H and O–H groups in total. The summed E-state index contributed by atoms with van der Waals surface area (Å²) in [7, 11) is 0. The first-order valence-corrected chi connectivity index (χ1v) is 11.0. The average Bonchev–Trinajstić information content (AvgIpc) is 3.22. The number of fused-ring (bicyclic) bond motifs is 1. The second kappa shape index (κ2) is 9.77. The van der Waals surface area contributed by atoms with E-state index < -0.39 is 0 Å². The number of carbonyl (C=O) groups excluding carboxylic acids is 1. The molecule has 0 bridgehead atoms. The van der Waals surface area contributed by atoms with Crippen LogP contribution in [-0.4, -0.2) is 56.6 Å². The first kappa shape index (κ1) is 23.6. The lowest BCUT2D eigenvalue weighted by atomic mass is 10.00. The molecule has 1 saturated heterocycles. The van der Waals surface area contributed by atoms with Crippen LogP contribution < -0.4 is 5.32 Å². The summed E-state index contributed by atoms with van der Waals surface area (Å²) in [6.45, 7) is 4.68. The van der Waals surface area contributed by atoms with Crippen LogP contribution in [0.3, 0.4) is 0 Å². The van der Waals surface area contributed by atoms with Gasteiger partial charge in [0.1, 0.15) is 16.5 Å². The van der Waals surface area contributed by atoms with E-state index in [1.165, 1.54) is 0 Å².